The first kappa shape index (κ1) is 11.5. The normalized spacial score (nSPS) is 9.64. The lowest BCUT2D eigenvalue weighted by Gasteiger charge is -2.07. The van der Waals surface area contributed by atoms with E-state index in [0.717, 1.165) is 14.6 Å². The second kappa shape index (κ2) is 5.36. The van der Waals surface area contributed by atoms with Crippen molar-refractivity contribution in [1.29, 1.82) is 0 Å². The predicted octanol–water partition coefficient (Wildman–Crippen LogP) is 2.37. The van der Waals surface area contributed by atoms with Crippen molar-refractivity contribution in [2.24, 2.45) is 0 Å². The summed E-state index contributed by atoms with van der Waals surface area (Å²) in [4.78, 5) is 11.0. The lowest BCUT2D eigenvalue weighted by molar-refractivity contribution is -0.118. The molecule has 0 aliphatic carbocycles. The van der Waals surface area contributed by atoms with Gasteiger partial charge in [-0.15, -0.1) is 0 Å². The van der Waals surface area contributed by atoms with Gasteiger partial charge in [-0.2, -0.15) is 0 Å². The fourth-order valence-electron chi connectivity index (χ4n) is 0.897. The van der Waals surface area contributed by atoms with Crippen LogP contribution in [0.2, 0.25) is 0 Å². The molecule has 0 spiro atoms. The number of carbonyl (C=O) groups is 1. The monoisotopic (exact) mass is 320 g/mol. The molecule has 1 rings (SSSR count). The van der Waals surface area contributed by atoms with Gasteiger partial charge >= 0.3 is 0 Å². The Labute approximate surface area is 99.5 Å². The number of nitrogens with one attached hydrogen (secondary N) is 2. The maximum atomic E-state index is 11.0. The summed E-state index contributed by atoms with van der Waals surface area (Å²) in [5.41, 5.74) is 0.900. The van der Waals surface area contributed by atoms with E-state index >= 15 is 0 Å². The van der Waals surface area contributed by atoms with E-state index in [2.05, 4.69) is 42.5 Å². The molecule has 0 saturated carbocycles. The molecular formula is C9H10Br2N2O. The Balaban J connectivity index is 2.63. The Morgan fingerprint density at radius 1 is 1.43 bits per heavy atom. The van der Waals surface area contributed by atoms with Crippen molar-refractivity contribution in [3.63, 3.8) is 0 Å². The van der Waals surface area contributed by atoms with Crippen LogP contribution in [0.5, 0.6) is 0 Å². The highest BCUT2D eigenvalue weighted by Gasteiger charge is 2.01. The molecule has 0 aromatic heterocycles. The fraction of sp³-hybridized carbons (Fsp3) is 0.222. The summed E-state index contributed by atoms with van der Waals surface area (Å²) in [5.74, 6) is -0.0418. The van der Waals surface area contributed by atoms with Crippen LogP contribution in [0.25, 0.3) is 0 Å². The molecule has 1 aromatic rings. The summed E-state index contributed by atoms with van der Waals surface area (Å²) in [6, 6.07) is 5.74. The van der Waals surface area contributed by atoms with E-state index in [1.54, 1.807) is 7.05 Å². The number of anilines is 1. The Bertz CT molecular complexity index is 342. The van der Waals surface area contributed by atoms with Gasteiger partial charge in [-0.25, -0.2) is 0 Å². The van der Waals surface area contributed by atoms with Crippen LogP contribution in [0.4, 0.5) is 5.69 Å². The average Bonchev–Trinajstić information content (AvgIpc) is 2.16. The van der Waals surface area contributed by atoms with E-state index < -0.39 is 0 Å². The van der Waals surface area contributed by atoms with Crippen molar-refractivity contribution in [2.75, 3.05) is 18.9 Å². The number of hydrogen-bond donors (Lipinski definition) is 2. The zero-order chi connectivity index (χ0) is 10.6. The molecule has 0 radical (unpaired) electrons. The molecule has 0 fully saturated rings. The van der Waals surface area contributed by atoms with Crippen LogP contribution >= 0.6 is 31.9 Å². The average molecular weight is 322 g/mol. The highest BCUT2D eigenvalue weighted by molar-refractivity contribution is 9.11. The standard InChI is InChI=1S/C9H10Br2N2O/c1-12-9(14)5-13-8-3-2-6(10)4-7(8)11/h2-4,13H,5H2,1H3,(H,12,14). The van der Waals surface area contributed by atoms with Gasteiger partial charge in [-0.1, -0.05) is 15.9 Å². The lowest BCUT2D eigenvalue weighted by atomic mass is 10.3. The fourth-order valence-corrected chi connectivity index (χ4v) is 2.08. The quantitative estimate of drug-likeness (QED) is 0.897. The third-order valence-corrected chi connectivity index (χ3v) is 2.80. The molecule has 0 heterocycles. The van der Waals surface area contributed by atoms with Gasteiger partial charge in [0.15, 0.2) is 0 Å². The van der Waals surface area contributed by atoms with Crippen LogP contribution < -0.4 is 10.6 Å². The van der Waals surface area contributed by atoms with Crippen LogP contribution in [-0.2, 0) is 4.79 Å². The second-order valence-electron chi connectivity index (χ2n) is 2.65. The molecular weight excluding hydrogens is 312 g/mol. The van der Waals surface area contributed by atoms with Gasteiger partial charge in [0.05, 0.1) is 6.54 Å². The first-order chi connectivity index (χ1) is 6.63. The zero-order valence-corrected chi connectivity index (χ0v) is 10.8. The third kappa shape index (κ3) is 3.31. The van der Waals surface area contributed by atoms with Crippen molar-refractivity contribution < 1.29 is 4.79 Å². The van der Waals surface area contributed by atoms with E-state index in [1.165, 1.54) is 0 Å². The van der Waals surface area contributed by atoms with Crippen molar-refractivity contribution in [2.45, 2.75) is 0 Å². The minimum atomic E-state index is -0.0418. The first-order valence-corrected chi connectivity index (χ1v) is 5.61. The van der Waals surface area contributed by atoms with Gasteiger partial charge in [-0.05, 0) is 34.1 Å². The summed E-state index contributed by atoms with van der Waals surface area (Å²) in [7, 11) is 1.61. The zero-order valence-electron chi connectivity index (χ0n) is 7.60. The van der Waals surface area contributed by atoms with Crippen LogP contribution in [-0.4, -0.2) is 19.5 Å². The Morgan fingerprint density at radius 3 is 2.71 bits per heavy atom. The Kier molecular flexibility index (Phi) is 4.41. The second-order valence-corrected chi connectivity index (χ2v) is 4.42. The molecule has 0 aliphatic heterocycles. The molecule has 0 atom stereocenters. The van der Waals surface area contributed by atoms with Gasteiger partial charge in [0, 0.05) is 21.7 Å². The topological polar surface area (TPSA) is 41.1 Å². The highest BCUT2D eigenvalue weighted by atomic mass is 79.9. The number of likely N-dealkylation sites (N-methyl/N-ethyl adjacent to an activating group) is 1. The summed E-state index contributed by atoms with van der Waals surface area (Å²) >= 11 is 6.75. The molecule has 0 unspecified atom stereocenters. The van der Waals surface area contributed by atoms with Gasteiger partial charge in [0.1, 0.15) is 0 Å². The van der Waals surface area contributed by atoms with Crippen molar-refractivity contribution in [1.82, 2.24) is 5.32 Å². The molecule has 1 aromatic carbocycles. The molecule has 0 bridgehead atoms. The molecule has 3 nitrogen and oxygen atoms in total. The number of carbonyl (C=O) groups excluding carboxylic acids is 1. The maximum Gasteiger partial charge on any atom is 0.239 e. The molecule has 2 N–H and O–H groups in total. The number of halogens is 2. The maximum absolute atomic E-state index is 11.0. The summed E-state index contributed by atoms with van der Waals surface area (Å²) < 4.78 is 1.92. The van der Waals surface area contributed by atoms with Crippen molar-refractivity contribution in [3.05, 3.63) is 27.1 Å². The number of rotatable bonds is 3. The smallest absolute Gasteiger partial charge is 0.239 e. The van der Waals surface area contributed by atoms with Gasteiger partial charge in [0.2, 0.25) is 5.91 Å². The van der Waals surface area contributed by atoms with Crippen LogP contribution in [0.1, 0.15) is 0 Å². The van der Waals surface area contributed by atoms with Gasteiger partial charge in [-0.3, -0.25) is 4.79 Å². The SMILES string of the molecule is CNC(=O)CNc1ccc(Br)cc1Br. The first-order valence-electron chi connectivity index (χ1n) is 4.03. The van der Waals surface area contributed by atoms with E-state index in [1.807, 2.05) is 18.2 Å². The van der Waals surface area contributed by atoms with Crippen LogP contribution in [0.3, 0.4) is 0 Å². The number of hydrogen-bond acceptors (Lipinski definition) is 2. The third-order valence-electron chi connectivity index (χ3n) is 1.65. The minimum absolute atomic E-state index is 0.0418. The predicted molar refractivity (Wildman–Crippen MR) is 64.4 cm³/mol. The van der Waals surface area contributed by atoms with E-state index in [0.29, 0.717) is 0 Å². The van der Waals surface area contributed by atoms with E-state index in [4.69, 9.17) is 0 Å². The molecule has 1 amide bonds. The van der Waals surface area contributed by atoms with Crippen LogP contribution in [0, 0.1) is 0 Å². The summed E-state index contributed by atoms with van der Waals surface area (Å²) in [5, 5.41) is 5.55. The molecule has 76 valence electrons. The van der Waals surface area contributed by atoms with Gasteiger partial charge < -0.3 is 10.6 Å². The van der Waals surface area contributed by atoms with Crippen LogP contribution in [0.15, 0.2) is 27.1 Å². The van der Waals surface area contributed by atoms with E-state index in [9.17, 15) is 4.79 Å². The Hall–Kier alpha value is -0.550. The highest BCUT2D eigenvalue weighted by Crippen LogP contribution is 2.25. The van der Waals surface area contributed by atoms with E-state index in [-0.39, 0.29) is 12.5 Å². The van der Waals surface area contributed by atoms with Crippen molar-refractivity contribution in [3.8, 4) is 0 Å². The van der Waals surface area contributed by atoms with Gasteiger partial charge in [0.25, 0.3) is 0 Å². The minimum Gasteiger partial charge on any atom is -0.375 e. The summed E-state index contributed by atoms with van der Waals surface area (Å²) in [6.07, 6.45) is 0. The molecule has 0 saturated heterocycles. The van der Waals surface area contributed by atoms with Crippen molar-refractivity contribution >= 4 is 43.5 Å². The Morgan fingerprint density at radius 2 is 2.14 bits per heavy atom. The molecule has 0 aliphatic rings. The molecule has 5 heteroatoms. The number of benzene rings is 1. The molecule has 14 heavy (non-hydrogen) atoms. The largest absolute Gasteiger partial charge is 0.375 e. The lowest BCUT2D eigenvalue weighted by Crippen LogP contribution is -2.26. The summed E-state index contributed by atoms with van der Waals surface area (Å²) in [6.45, 7) is 0.275. The number of amides is 1.